The molecule has 1 fully saturated rings. The molecule has 27 heavy (non-hydrogen) atoms. The van der Waals surface area contributed by atoms with Crippen LogP contribution in [-0.2, 0) is 18.4 Å². The van der Waals surface area contributed by atoms with Gasteiger partial charge in [0, 0.05) is 31.1 Å². The molecule has 2 aromatic rings. The van der Waals surface area contributed by atoms with Crippen molar-refractivity contribution in [2.45, 2.75) is 38.6 Å². The second-order valence-corrected chi connectivity index (χ2v) is 6.86. The number of anilines is 1. The zero-order chi connectivity index (χ0) is 19.2. The molecule has 2 amide bonds. The van der Waals surface area contributed by atoms with E-state index in [4.69, 9.17) is 4.74 Å². The topological polar surface area (TPSA) is 85.3 Å². The number of hydrogen-bond acceptors (Lipinski definition) is 4. The van der Waals surface area contributed by atoms with E-state index in [1.807, 2.05) is 24.3 Å². The Balaban J connectivity index is 1.61. The van der Waals surface area contributed by atoms with Crippen LogP contribution < -0.4 is 15.4 Å². The number of benzene rings is 1. The highest BCUT2D eigenvalue weighted by Gasteiger charge is 2.22. The number of aromatic nitrogens is 2. The van der Waals surface area contributed by atoms with Gasteiger partial charge in [-0.15, -0.1) is 0 Å². The predicted octanol–water partition coefficient (Wildman–Crippen LogP) is 2.88. The van der Waals surface area contributed by atoms with Gasteiger partial charge in [-0.25, -0.2) is 0 Å². The fourth-order valence-electron chi connectivity index (χ4n) is 3.40. The molecule has 144 valence electrons. The molecular formula is C20H26N4O3. The molecule has 0 spiro atoms. The second kappa shape index (κ2) is 8.70. The van der Waals surface area contributed by atoms with Crippen LogP contribution in [0, 0.1) is 5.92 Å². The van der Waals surface area contributed by atoms with Crippen molar-refractivity contribution in [2.24, 2.45) is 13.0 Å². The lowest BCUT2D eigenvalue weighted by Crippen LogP contribution is -2.25. The molecule has 2 N–H and O–H groups in total. The number of nitrogens with one attached hydrogen (secondary N) is 2. The first-order valence-electron chi connectivity index (χ1n) is 9.33. The SMILES string of the molecule is COc1ccccc1CNC(=O)c1cc(NC(=O)C2CCCCC2)n(C)n1. The Bertz CT molecular complexity index is 809. The Hall–Kier alpha value is -2.83. The molecular weight excluding hydrogens is 344 g/mol. The number of nitrogens with zero attached hydrogens (tertiary/aromatic N) is 2. The van der Waals surface area contributed by atoms with Gasteiger partial charge < -0.3 is 15.4 Å². The summed E-state index contributed by atoms with van der Waals surface area (Å²) in [5.74, 6) is 1.03. The highest BCUT2D eigenvalue weighted by molar-refractivity contribution is 5.96. The zero-order valence-electron chi connectivity index (χ0n) is 15.8. The van der Waals surface area contributed by atoms with Gasteiger partial charge in [-0.2, -0.15) is 5.10 Å². The van der Waals surface area contributed by atoms with Gasteiger partial charge in [0.15, 0.2) is 5.69 Å². The van der Waals surface area contributed by atoms with Gasteiger partial charge in [0.1, 0.15) is 11.6 Å². The third-order valence-corrected chi connectivity index (χ3v) is 4.97. The Kier molecular flexibility index (Phi) is 6.11. The Morgan fingerprint density at radius 2 is 1.96 bits per heavy atom. The Labute approximate surface area is 159 Å². The number of ether oxygens (including phenoxy) is 1. The van der Waals surface area contributed by atoms with Crippen molar-refractivity contribution < 1.29 is 14.3 Å². The first kappa shape index (κ1) is 18.9. The predicted molar refractivity (Wildman–Crippen MR) is 103 cm³/mol. The molecule has 0 unspecified atom stereocenters. The lowest BCUT2D eigenvalue weighted by atomic mass is 9.89. The second-order valence-electron chi connectivity index (χ2n) is 6.86. The van der Waals surface area contributed by atoms with Crippen LogP contribution in [-0.4, -0.2) is 28.7 Å². The maximum atomic E-state index is 12.4. The van der Waals surface area contributed by atoms with Crippen molar-refractivity contribution in [3.63, 3.8) is 0 Å². The quantitative estimate of drug-likeness (QED) is 0.819. The van der Waals surface area contributed by atoms with Crippen LogP contribution >= 0.6 is 0 Å². The van der Waals surface area contributed by atoms with Crippen LogP contribution in [0.5, 0.6) is 5.75 Å². The number of carbonyl (C=O) groups is 2. The lowest BCUT2D eigenvalue weighted by molar-refractivity contribution is -0.120. The van der Waals surface area contributed by atoms with Crippen molar-refractivity contribution in [2.75, 3.05) is 12.4 Å². The van der Waals surface area contributed by atoms with E-state index < -0.39 is 0 Å². The van der Waals surface area contributed by atoms with Crippen molar-refractivity contribution in [3.8, 4) is 5.75 Å². The van der Waals surface area contributed by atoms with Crippen LogP contribution in [0.15, 0.2) is 30.3 Å². The monoisotopic (exact) mass is 370 g/mol. The number of amides is 2. The van der Waals surface area contributed by atoms with Gasteiger partial charge >= 0.3 is 0 Å². The number of carbonyl (C=O) groups excluding carboxylic acids is 2. The van der Waals surface area contributed by atoms with E-state index in [-0.39, 0.29) is 23.4 Å². The van der Waals surface area contributed by atoms with Crippen LogP contribution in [0.2, 0.25) is 0 Å². The lowest BCUT2D eigenvalue weighted by Gasteiger charge is -2.20. The number of para-hydroxylation sites is 1. The normalized spacial score (nSPS) is 14.6. The molecule has 1 saturated carbocycles. The van der Waals surface area contributed by atoms with Crippen LogP contribution in [0.4, 0.5) is 5.82 Å². The van der Waals surface area contributed by atoms with E-state index >= 15 is 0 Å². The molecule has 1 aliphatic carbocycles. The smallest absolute Gasteiger partial charge is 0.272 e. The summed E-state index contributed by atoms with van der Waals surface area (Å²) in [6.07, 6.45) is 5.25. The molecule has 7 nitrogen and oxygen atoms in total. The molecule has 0 bridgehead atoms. The molecule has 0 saturated heterocycles. The Morgan fingerprint density at radius 3 is 2.70 bits per heavy atom. The first-order chi connectivity index (χ1) is 13.1. The third-order valence-electron chi connectivity index (χ3n) is 4.97. The molecule has 1 aliphatic rings. The molecule has 3 rings (SSSR count). The average Bonchev–Trinajstić information content (AvgIpc) is 3.07. The minimum atomic E-state index is -0.297. The van der Waals surface area contributed by atoms with E-state index in [9.17, 15) is 9.59 Å². The minimum Gasteiger partial charge on any atom is -0.496 e. The van der Waals surface area contributed by atoms with E-state index in [1.165, 1.54) is 11.1 Å². The van der Waals surface area contributed by atoms with Crippen molar-refractivity contribution >= 4 is 17.6 Å². The summed E-state index contributed by atoms with van der Waals surface area (Å²) >= 11 is 0. The first-order valence-corrected chi connectivity index (χ1v) is 9.33. The fraction of sp³-hybridized carbons (Fsp3) is 0.450. The molecule has 0 atom stereocenters. The van der Waals surface area contributed by atoms with E-state index in [2.05, 4.69) is 15.7 Å². The summed E-state index contributed by atoms with van der Waals surface area (Å²) in [5, 5.41) is 9.97. The summed E-state index contributed by atoms with van der Waals surface area (Å²) in [7, 11) is 3.31. The highest BCUT2D eigenvalue weighted by Crippen LogP contribution is 2.25. The summed E-state index contributed by atoms with van der Waals surface area (Å²) in [5.41, 5.74) is 1.15. The van der Waals surface area contributed by atoms with Gasteiger partial charge in [-0.05, 0) is 18.9 Å². The van der Waals surface area contributed by atoms with Crippen molar-refractivity contribution in [1.29, 1.82) is 0 Å². The van der Waals surface area contributed by atoms with Crippen molar-refractivity contribution in [1.82, 2.24) is 15.1 Å². The average molecular weight is 370 g/mol. The minimum absolute atomic E-state index is 0.0127. The zero-order valence-corrected chi connectivity index (χ0v) is 15.8. The fourth-order valence-corrected chi connectivity index (χ4v) is 3.40. The largest absolute Gasteiger partial charge is 0.496 e. The molecule has 0 radical (unpaired) electrons. The van der Waals surface area contributed by atoms with Gasteiger partial charge in [0.05, 0.1) is 7.11 Å². The molecule has 1 aromatic heterocycles. The maximum Gasteiger partial charge on any atom is 0.272 e. The van der Waals surface area contributed by atoms with Gasteiger partial charge in [-0.3, -0.25) is 14.3 Å². The van der Waals surface area contributed by atoms with Gasteiger partial charge in [0.25, 0.3) is 5.91 Å². The summed E-state index contributed by atoms with van der Waals surface area (Å²) in [6, 6.07) is 9.13. The van der Waals surface area contributed by atoms with Crippen LogP contribution in [0.1, 0.15) is 48.2 Å². The summed E-state index contributed by atoms with van der Waals surface area (Å²) < 4.78 is 6.82. The summed E-state index contributed by atoms with van der Waals surface area (Å²) in [6.45, 7) is 0.336. The molecule has 7 heteroatoms. The Morgan fingerprint density at radius 1 is 1.22 bits per heavy atom. The number of methoxy groups -OCH3 is 1. The number of aryl methyl sites for hydroxylation is 1. The van der Waals surface area contributed by atoms with Gasteiger partial charge in [-0.1, -0.05) is 37.5 Å². The van der Waals surface area contributed by atoms with Crippen LogP contribution in [0.3, 0.4) is 0 Å². The summed E-state index contributed by atoms with van der Waals surface area (Å²) in [4.78, 5) is 24.8. The van der Waals surface area contributed by atoms with E-state index in [0.717, 1.165) is 37.0 Å². The van der Waals surface area contributed by atoms with Gasteiger partial charge in [0.2, 0.25) is 5.91 Å². The number of hydrogen-bond donors (Lipinski definition) is 2. The van der Waals surface area contributed by atoms with E-state index in [1.54, 1.807) is 20.2 Å². The van der Waals surface area contributed by atoms with E-state index in [0.29, 0.717) is 12.4 Å². The standard InChI is InChI=1S/C20H26N4O3/c1-24-18(22-19(25)14-8-4-3-5-9-14)12-16(23-24)20(26)21-13-15-10-6-7-11-17(15)27-2/h6-7,10-12,14H,3-5,8-9,13H2,1-2H3,(H,21,26)(H,22,25). The highest BCUT2D eigenvalue weighted by atomic mass is 16.5. The van der Waals surface area contributed by atoms with Crippen LogP contribution in [0.25, 0.3) is 0 Å². The third kappa shape index (κ3) is 4.67. The maximum absolute atomic E-state index is 12.4. The van der Waals surface area contributed by atoms with Crippen molar-refractivity contribution in [3.05, 3.63) is 41.6 Å². The number of rotatable bonds is 6. The molecule has 0 aliphatic heterocycles. The molecule has 1 heterocycles. The molecule has 1 aromatic carbocycles.